The minimum Gasteiger partial charge on any atom is -0.497 e. The van der Waals surface area contributed by atoms with E-state index in [-0.39, 0.29) is 17.2 Å². The number of aliphatic hydroxyl groups is 1. The standard InChI is InChI=1S/C12H20N2O4S/c1-12(2,8-15)14(3)19(16,17)11-6-5-9(18-4)7-10(11)13/h5-7,15H,8,13H2,1-4H3. The summed E-state index contributed by atoms with van der Waals surface area (Å²) in [5.41, 5.74) is 4.96. The molecule has 0 aliphatic carbocycles. The van der Waals surface area contributed by atoms with Crippen molar-refractivity contribution in [3.05, 3.63) is 18.2 Å². The normalized spacial score (nSPS) is 12.7. The summed E-state index contributed by atoms with van der Waals surface area (Å²) in [5.74, 6) is 0.487. The molecule has 108 valence electrons. The van der Waals surface area contributed by atoms with E-state index in [2.05, 4.69) is 0 Å². The zero-order chi connectivity index (χ0) is 14.8. The Kier molecular flexibility index (Phi) is 4.44. The molecule has 0 aliphatic rings. The number of anilines is 1. The molecule has 6 nitrogen and oxygen atoms in total. The molecule has 0 bridgehead atoms. The third kappa shape index (κ3) is 2.99. The highest BCUT2D eigenvalue weighted by atomic mass is 32.2. The van der Waals surface area contributed by atoms with Crippen LogP contribution < -0.4 is 10.5 Å². The van der Waals surface area contributed by atoms with E-state index in [0.29, 0.717) is 5.75 Å². The first-order valence-electron chi connectivity index (χ1n) is 5.70. The zero-order valence-electron chi connectivity index (χ0n) is 11.5. The number of nitrogens with two attached hydrogens (primary N) is 1. The number of likely N-dealkylation sites (N-methyl/N-ethyl adjacent to an activating group) is 1. The van der Waals surface area contributed by atoms with Gasteiger partial charge >= 0.3 is 0 Å². The number of benzene rings is 1. The first-order chi connectivity index (χ1) is 8.66. The number of sulfonamides is 1. The molecule has 0 unspecified atom stereocenters. The lowest BCUT2D eigenvalue weighted by atomic mass is 10.1. The fourth-order valence-corrected chi connectivity index (χ4v) is 3.06. The Morgan fingerprint density at radius 3 is 2.42 bits per heavy atom. The monoisotopic (exact) mass is 288 g/mol. The minimum atomic E-state index is -3.77. The van der Waals surface area contributed by atoms with Gasteiger partial charge in [0.05, 0.1) is 24.9 Å². The van der Waals surface area contributed by atoms with Gasteiger partial charge < -0.3 is 15.6 Å². The smallest absolute Gasteiger partial charge is 0.245 e. The summed E-state index contributed by atoms with van der Waals surface area (Å²) >= 11 is 0. The first-order valence-corrected chi connectivity index (χ1v) is 7.14. The Morgan fingerprint density at radius 2 is 2.00 bits per heavy atom. The molecule has 0 spiro atoms. The van der Waals surface area contributed by atoms with Crippen LogP contribution in [0.5, 0.6) is 5.75 Å². The second kappa shape index (κ2) is 5.36. The van der Waals surface area contributed by atoms with E-state index in [9.17, 15) is 13.5 Å². The van der Waals surface area contributed by atoms with Crippen molar-refractivity contribution < 1.29 is 18.3 Å². The van der Waals surface area contributed by atoms with Crippen LogP contribution >= 0.6 is 0 Å². The summed E-state index contributed by atoms with van der Waals surface area (Å²) in [4.78, 5) is -0.00248. The van der Waals surface area contributed by atoms with Crippen molar-refractivity contribution >= 4 is 15.7 Å². The minimum absolute atomic E-state index is 0.00248. The van der Waals surface area contributed by atoms with Crippen molar-refractivity contribution in [1.29, 1.82) is 0 Å². The van der Waals surface area contributed by atoms with Crippen LogP contribution in [0.1, 0.15) is 13.8 Å². The maximum absolute atomic E-state index is 12.5. The SMILES string of the molecule is COc1ccc(S(=O)(=O)N(C)C(C)(C)CO)c(N)c1. The van der Waals surface area contributed by atoms with Gasteiger partial charge in [0.15, 0.2) is 0 Å². The van der Waals surface area contributed by atoms with E-state index in [1.807, 2.05) is 0 Å². The maximum atomic E-state index is 12.5. The average molecular weight is 288 g/mol. The number of hydrogen-bond donors (Lipinski definition) is 2. The van der Waals surface area contributed by atoms with E-state index >= 15 is 0 Å². The summed E-state index contributed by atoms with van der Waals surface area (Å²) in [6.07, 6.45) is 0. The van der Waals surface area contributed by atoms with Crippen LogP contribution in [0.3, 0.4) is 0 Å². The fourth-order valence-electron chi connectivity index (χ4n) is 1.46. The molecule has 0 saturated heterocycles. The van der Waals surface area contributed by atoms with E-state index in [1.165, 1.54) is 32.4 Å². The van der Waals surface area contributed by atoms with Crippen LogP contribution in [-0.4, -0.2) is 44.1 Å². The van der Waals surface area contributed by atoms with Crippen LogP contribution in [0.4, 0.5) is 5.69 Å². The molecule has 0 heterocycles. The number of rotatable bonds is 5. The lowest BCUT2D eigenvalue weighted by molar-refractivity contribution is 0.138. The summed E-state index contributed by atoms with van der Waals surface area (Å²) in [6, 6.07) is 4.38. The van der Waals surface area contributed by atoms with Gasteiger partial charge in [-0.15, -0.1) is 0 Å². The highest BCUT2D eigenvalue weighted by molar-refractivity contribution is 7.89. The summed E-state index contributed by atoms with van der Waals surface area (Å²) in [5, 5.41) is 9.27. The number of nitrogen functional groups attached to an aromatic ring is 1. The Labute approximate surface area is 113 Å². The van der Waals surface area contributed by atoms with Gasteiger partial charge in [0.25, 0.3) is 0 Å². The molecule has 0 radical (unpaired) electrons. The van der Waals surface area contributed by atoms with Crippen LogP contribution in [-0.2, 0) is 10.0 Å². The van der Waals surface area contributed by atoms with Crippen LogP contribution in [0.2, 0.25) is 0 Å². The van der Waals surface area contributed by atoms with Gasteiger partial charge in [0.2, 0.25) is 10.0 Å². The Morgan fingerprint density at radius 1 is 1.42 bits per heavy atom. The number of ether oxygens (including phenoxy) is 1. The van der Waals surface area contributed by atoms with E-state index in [4.69, 9.17) is 10.5 Å². The predicted octanol–water partition coefficient (Wildman–Crippen LogP) is 0.669. The van der Waals surface area contributed by atoms with Gasteiger partial charge in [-0.1, -0.05) is 0 Å². The van der Waals surface area contributed by atoms with E-state index in [0.717, 1.165) is 4.31 Å². The van der Waals surface area contributed by atoms with E-state index < -0.39 is 15.6 Å². The molecule has 7 heteroatoms. The summed E-state index contributed by atoms with van der Waals surface area (Å²) in [7, 11) is -0.884. The summed E-state index contributed by atoms with van der Waals surface area (Å²) in [6.45, 7) is 2.97. The molecule has 0 aliphatic heterocycles. The van der Waals surface area contributed by atoms with Crippen molar-refractivity contribution in [2.75, 3.05) is 26.5 Å². The van der Waals surface area contributed by atoms with Crippen LogP contribution in [0.25, 0.3) is 0 Å². The van der Waals surface area contributed by atoms with Gasteiger partial charge in [0, 0.05) is 13.1 Å². The summed E-state index contributed by atoms with van der Waals surface area (Å²) < 4.78 is 31.0. The van der Waals surface area contributed by atoms with Gasteiger partial charge in [0.1, 0.15) is 10.6 Å². The predicted molar refractivity (Wildman–Crippen MR) is 73.5 cm³/mol. The molecule has 0 saturated carbocycles. The van der Waals surface area contributed by atoms with Crippen molar-refractivity contribution in [3.63, 3.8) is 0 Å². The molecule has 1 rings (SSSR count). The molecule has 1 aromatic carbocycles. The third-order valence-corrected chi connectivity index (χ3v) is 5.24. The average Bonchev–Trinajstić information content (AvgIpc) is 2.37. The number of aliphatic hydroxyl groups excluding tert-OH is 1. The Hall–Kier alpha value is -1.31. The van der Waals surface area contributed by atoms with Crippen LogP contribution in [0, 0.1) is 0 Å². The molecular formula is C12H20N2O4S. The second-order valence-corrected chi connectivity index (χ2v) is 6.78. The second-order valence-electron chi connectivity index (χ2n) is 4.85. The highest BCUT2D eigenvalue weighted by Crippen LogP contribution is 2.29. The topological polar surface area (TPSA) is 92.9 Å². The lowest BCUT2D eigenvalue weighted by Crippen LogP contribution is -2.47. The number of methoxy groups -OCH3 is 1. The molecular weight excluding hydrogens is 268 g/mol. The van der Waals surface area contributed by atoms with Crippen molar-refractivity contribution in [1.82, 2.24) is 4.31 Å². The molecule has 0 aromatic heterocycles. The fraction of sp³-hybridized carbons (Fsp3) is 0.500. The van der Waals surface area contributed by atoms with Crippen LogP contribution in [0.15, 0.2) is 23.1 Å². The molecule has 19 heavy (non-hydrogen) atoms. The third-order valence-electron chi connectivity index (χ3n) is 3.09. The molecule has 3 N–H and O–H groups in total. The van der Waals surface area contributed by atoms with Crippen molar-refractivity contribution in [2.45, 2.75) is 24.3 Å². The zero-order valence-corrected chi connectivity index (χ0v) is 12.4. The quantitative estimate of drug-likeness (QED) is 0.777. The molecule has 0 amide bonds. The van der Waals surface area contributed by atoms with Crippen molar-refractivity contribution in [3.8, 4) is 5.75 Å². The molecule has 0 fully saturated rings. The highest BCUT2D eigenvalue weighted by Gasteiger charge is 2.34. The molecule has 1 aromatic rings. The van der Waals surface area contributed by atoms with Gasteiger partial charge in [-0.25, -0.2) is 8.42 Å². The van der Waals surface area contributed by atoms with Gasteiger partial charge in [-0.2, -0.15) is 4.31 Å². The van der Waals surface area contributed by atoms with E-state index in [1.54, 1.807) is 13.8 Å². The molecule has 0 atom stereocenters. The van der Waals surface area contributed by atoms with Gasteiger partial charge in [-0.05, 0) is 26.0 Å². The Balaban J connectivity index is 3.28. The number of nitrogens with zero attached hydrogens (tertiary/aromatic N) is 1. The first kappa shape index (κ1) is 15.7. The maximum Gasteiger partial charge on any atom is 0.245 e. The number of hydrogen-bond acceptors (Lipinski definition) is 5. The van der Waals surface area contributed by atoms with Gasteiger partial charge in [-0.3, -0.25) is 0 Å². The lowest BCUT2D eigenvalue weighted by Gasteiger charge is -2.33. The Bertz CT molecular complexity index is 555. The largest absolute Gasteiger partial charge is 0.497 e. The van der Waals surface area contributed by atoms with Crippen molar-refractivity contribution in [2.24, 2.45) is 0 Å².